The first kappa shape index (κ1) is 16.8. The second-order valence-electron chi connectivity index (χ2n) is 5.76. The van der Waals surface area contributed by atoms with Crippen LogP contribution < -0.4 is 10.6 Å². The minimum atomic E-state index is -0.103. The van der Waals surface area contributed by atoms with E-state index in [-0.39, 0.29) is 6.03 Å². The van der Waals surface area contributed by atoms with Crippen LogP contribution in [-0.4, -0.2) is 44.2 Å². The zero-order valence-electron chi connectivity index (χ0n) is 13.4. The fourth-order valence-electron chi connectivity index (χ4n) is 2.75. The second-order valence-corrected chi connectivity index (χ2v) is 5.76. The van der Waals surface area contributed by atoms with Gasteiger partial charge in [-0.3, -0.25) is 0 Å². The Morgan fingerprint density at radius 2 is 1.95 bits per heavy atom. The van der Waals surface area contributed by atoms with Gasteiger partial charge >= 0.3 is 6.03 Å². The SMILES string of the molecule is COCc1cccc(CNC(=O)NCCN2CCCCC2)c1. The van der Waals surface area contributed by atoms with Gasteiger partial charge in [0, 0.05) is 26.7 Å². The van der Waals surface area contributed by atoms with E-state index in [1.807, 2.05) is 18.2 Å². The number of benzene rings is 1. The van der Waals surface area contributed by atoms with Crippen molar-refractivity contribution in [1.82, 2.24) is 15.5 Å². The highest BCUT2D eigenvalue weighted by Crippen LogP contribution is 2.07. The van der Waals surface area contributed by atoms with E-state index in [4.69, 9.17) is 4.74 Å². The van der Waals surface area contributed by atoms with E-state index in [2.05, 4.69) is 21.6 Å². The number of hydrogen-bond acceptors (Lipinski definition) is 3. The van der Waals surface area contributed by atoms with Crippen LogP contribution in [0.15, 0.2) is 24.3 Å². The Balaban J connectivity index is 1.63. The Kier molecular flexibility index (Phi) is 7.19. The molecular formula is C17H27N3O2. The van der Waals surface area contributed by atoms with Gasteiger partial charge in [0.1, 0.15) is 0 Å². The van der Waals surface area contributed by atoms with Crippen LogP contribution in [0.5, 0.6) is 0 Å². The number of hydrogen-bond donors (Lipinski definition) is 2. The third kappa shape index (κ3) is 6.03. The maximum Gasteiger partial charge on any atom is 0.315 e. The fourth-order valence-corrected chi connectivity index (χ4v) is 2.75. The van der Waals surface area contributed by atoms with Crippen LogP contribution in [0.25, 0.3) is 0 Å². The Morgan fingerprint density at radius 1 is 1.18 bits per heavy atom. The minimum absolute atomic E-state index is 0.103. The quantitative estimate of drug-likeness (QED) is 0.811. The van der Waals surface area contributed by atoms with Crippen molar-refractivity contribution in [2.24, 2.45) is 0 Å². The van der Waals surface area contributed by atoms with Gasteiger partial charge in [0.25, 0.3) is 0 Å². The number of amides is 2. The van der Waals surface area contributed by atoms with Crippen LogP contribution in [-0.2, 0) is 17.9 Å². The van der Waals surface area contributed by atoms with E-state index in [1.165, 1.54) is 19.3 Å². The van der Waals surface area contributed by atoms with Crippen LogP contribution in [0.4, 0.5) is 4.79 Å². The predicted molar refractivity (Wildman–Crippen MR) is 87.7 cm³/mol. The molecule has 1 aromatic carbocycles. The highest BCUT2D eigenvalue weighted by atomic mass is 16.5. The second kappa shape index (κ2) is 9.43. The molecule has 1 aliphatic heterocycles. The number of likely N-dealkylation sites (tertiary alicyclic amines) is 1. The van der Waals surface area contributed by atoms with E-state index in [0.717, 1.165) is 30.8 Å². The molecule has 0 atom stereocenters. The molecule has 2 N–H and O–H groups in total. The molecule has 0 radical (unpaired) electrons. The zero-order valence-corrected chi connectivity index (χ0v) is 13.4. The number of urea groups is 1. The smallest absolute Gasteiger partial charge is 0.315 e. The average Bonchev–Trinajstić information content (AvgIpc) is 2.55. The number of piperidine rings is 1. The molecule has 5 nitrogen and oxygen atoms in total. The lowest BCUT2D eigenvalue weighted by Gasteiger charge is -2.26. The average molecular weight is 305 g/mol. The van der Waals surface area contributed by atoms with Crippen molar-refractivity contribution in [1.29, 1.82) is 0 Å². The number of methoxy groups -OCH3 is 1. The standard InChI is InChI=1S/C17H27N3O2/c1-22-14-16-7-5-6-15(12-16)13-19-17(21)18-8-11-20-9-3-2-4-10-20/h5-7,12H,2-4,8-11,13-14H2,1H3,(H2,18,19,21). The molecular weight excluding hydrogens is 278 g/mol. The number of carbonyl (C=O) groups is 1. The molecule has 122 valence electrons. The van der Waals surface area contributed by atoms with E-state index in [0.29, 0.717) is 19.7 Å². The topological polar surface area (TPSA) is 53.6 Å². The predicted octanol–water partition coefficient (Wildman–Crippen LogP) is 2.12. The monoisotopic (exact) mass is 305 g/mol. The minimum Gasteiger partial charge on any atom is -0.380 e. The molecule has 1 saturated heterocycles. The molecule has 1 aromatic rings. The van der Waals surface area contributed by atoms with E-state index < -0.39 is 0 Å². The molecule has 2 rings (SSSR count). The van der Waals surface area contributed by atoms with Crippen molar-refractivity contribution in [2.45, 2.75) is 32.4 Å². The highest BCUT2D eigenvalue weighted by molar-refractivity contribution is 5.73. The molecule has 0 saturated carbocycles. The molecule has 1 aliphatic rings. The maximum absolute atomic E-state index is 11.8. The summed E-state index contributed by atoms with van der Waals surface area (Å²) in [6.45, 7) is 5.10. The van der Waals surface area contributed by atoms with Crippen LogP contribution in [0.1, 0.15) is 30.4 Å². The van der Waals surface area contributed by atoms with Crippen LogP contribution in [0, 0.1) is 0 Å². The largest absolute Gasteiger partial charge is 0.380 e. The summed E-state index contributed by atoms with van der Waals surface area (Å²) in [5.74, 6) is 0. The van der Waals surface area contributed by atoms with Crippen molar-refractivity contribution in [3.05, 3.63) is 35.4 Å². The van der Waals surface area contributed by atoms with Crippen LogP contribution in [0.2, 0.25) is 0 Å². The Bertz CT molecular complexity index is 459. The van der Waals surface area contributed by atoms with Gasteiger partial charge < -0.3 is 20.3 Å². The van der Waals surface area contributed by atoms with Gasteiger partial charge in [0.2, 0.25) is 0 Å². The van der Waals surface area contributed by atoms with E-state index in [9.17, 15) is 4.79 Å². The summed E-state index contributed by atoms with van der Waals surface area (Å²) in [5, 5.41) is 5.82. The van der Waals surface area contributed by atoms with Gasteiger partial charge in [-0.2, -0.15) is 0 Å². The number of nitrogens with zero attached hydrogens (tertiary/aromatic N) is 1. The van der Waals surface area contributed by atoms with Crippen molar-refractivity contribution < 1.29 is 9.53 Å². The molecule has 0 bridgehead atoms. The molecule has 0 aliphatic carbocycles. The molecule has 1 heterocycles. The molecule has 0 aromatic heterocycles. The third-order valence-electron chi connectivity index (χ3n) is 3.92. The number of carbonyl (C=O) groups excluding carboxylic acids is 1. The van der Waals surface area contributed by atoms with Gasteiger partial charge in [-0.25, -0.2) is 4.79 Å². The zero-order chi connectivity index (χ0) is 15.6. The fraction of sp³-hybridized carbons (Fsp3) is 0.588. The molecule has 1 fully saturated rings. The summed E-state index contributed by atoms with van der Waals surface area (Å²) in [7, 11) is 1.68. The summed E-state index contributed by atoms with van der Waals surface area (Å²) < 4.78 is 5.11. The first-order chi connectivity index (χ1) is 10.8. The Hall–Kier alpha value is -1.59. The number of nitrogens with one attached hydrogen (secondary N) is 2. The maximum atomic E-state index is 11.8. The first-order valence-electron chi connectivity index (χ1n) is 8.09. The Labute approximate surface area is 133 Å². The molecule has 0 spiro atoms. The van der Waals surface area contributed by atoms with Crippen molar-refractivity contribution in [2.75, 3.05) is 33.3 Å². The lowest BCUT2D eigenvalue weighted by molar-refractivity contribution is 0.185. The van der Waals surface area contributed by atoms with E-state index >= 15 is 0 Å². The summed E-state index contributed by atoms with van der Waals surface area (Å²) in [5.41, 5.74) is 2.20. The van der Waals surface area contributed by atoms with E-state index in [1.54, 1.807) is 7.11 Å². The highest BCUT2D eigenvalue weighted by Gasteiger charge is 2.09. The normalized spacial score (nSPS) is 15.5. The molecule has 2 amide bonds. The van der Waals surface area contributed by atoms with Gasteiger partial charge in [-0.1, -0.05) is 30.7 Å². The lowest BCUT2D eigenvalue weighted by atomic mass is 10.1. The molecule has 0 unspecified atom stereocenters. The summed E-state index contributed by atoms with van der Waals surface area (Å²) in [6, 6.07) is 7.96. The third-order valence-corrected chi connectivity index (χ3v) is 3.92. The van der Waals surface area contributed by atoms with Gasteiger partial charge in [-0.15, -0.1) is 0 Å². The van der Waals surface area contributed by atoms with Crippen molar-refractivity contribution in [3.63, 3.8) is 0 Å². The Morgan fingerprint density at radius 3 is 2.73 bits per heavy atom. The van der Waals surface area contributed by atoms with Crippen molar-refractivity contribution >= 4 is 6.03 Å². The number of rotatable bonds is 7. The molecule has 5 heteroatoms. The van der Waals surface area contributed by atoms with Crippen LogP contribution in [0.3, 0.4) is 0 Å². The first-order valence-corrected chi connectivity index (χ1v) is 8.09. The van der Waals surface area contributed by atoms with Gasteiger partial charge in [0.15, 0.2) is 0 Å². The van der Waals surface area contributed by atoms with Crippen molar-refractivity contribution in [3.8, 4) is 0 Å². The van der Waals surface area contributed by atoms with Gasteiger partial charge in [-0.05, 0) is 37.1 Å². The lowest BCUT2D eigenvalue weighted by Crippen LogP contribution is -2.41. The van der Waals surface area contributed by atoms with Crippen LogP contribution >= 0.6 is 0 Å². The van der Waals surface area contributed by atoms with Gasteiger partial charge in [0.05, 0.1) is 6.61 Å². The summed E-state index contributed by atoms with van der Waals surface area (Å²) in [6.07, 6.45) is 3.90. The summed E-state index contributed by atoms with van der Waals surface area (Å²) in [4.78, 5) is 14.2. The number of ether oxygens (including phenoxy) is 1. The summed E-state index contributed by atoms with van der Waals surface area (Å²) >= 11 is 0. The molecule has 22 heavy (non-hydrogen) atoms.